The highest BCUT2D eigenvalue weighted by molar-refractivity contribution is 6.02. The van der Waals surface area contributed by atoms with Gasteiger partial charge >= 0.3 is 0 Å². The van der Waals surface area contributed by atoms with Crippen LogP contribution in [-0.4, -0.2) is 56.1 Å². The van der Waals surface area contributed by atoms with Gasteiger partial charge in [0.05, 0.1) is 42.2 Å². The number of nitrogens with one attached hydrogen (secondary N) is 2. The number of carbonyl (C=O) groups is 3. The Morgan fingerprint density at radius 1 is 1.02 bits per heavy atom. The van der Waals surface area contributed by atoms with Crippen LogP contribution in [0.15, 0.2) is 48.5 Å². The fourth-order valence-corrected chi connectivity index (χ4v) is 4.34. The van der Waals surface area contributed by atoms with Crippen molar-refractivity contribution in [1.29, 1.82) is 0 Å². The highest BCUT2D eigenvalue weighted by Crippen LogP contribution is 2.36. The smallest absolute Gasteiger partial charge is 0.246 e. The number of benzene rings is 2. The third-order valence-corrected chi connectivity index (χ3v) is 6.54. The van der Waals surface area contributed by atoms with E-state index in [2.05, 4.69) is 31.4 Å². The number of hydrogen-bond donors (Lipinski definition) is 4. The number of nitrogens with zero attached hydrogens (tertiary/aromatic N) is 2. The maximum absolute atomic E-state index is 12.8. The molecule has 6 N–H and O–H groups in total. The van der Waals surface area contributed by atoms with Crippen LogP contribution in [0.5, 0.6) is 0 Å². The van der Waals surface area contributed by atoms with Crippen molar-refractivity contribution in [1.82, 2.24) is 15.6 Å². The molecule has 2 aromatic carbocycles. The molecule has 1 aliphatic heterocycles. The summed E-state index contributed by atoms with van der Waals surface area (Å²) in [4.78, 5) is 36.2. The largest absolute Gasteiger partial charge is 0.396 e. The molecule has 10 nitrogen and oxygen atoms in total. The summed E-state index contributed by atoms with van der Waals surface area (Å²) in [5.41, 5.74) is 10.7. The molecular formula is C34H56N6O4. The van der Waals surface area contributed by atoms with Gasteiger partial charge in [0.25, 0.3) is 0 Å². The summed E-state index contributed by atoms with van der Waals surface area (Å²) >= 11 is 0. The van der Waals surface area contributed by atoms with E-state index in [1.54, 1.807) is 19.0 Å². The molecule has 10 heteroatoms. The molecule has 0 bridgehead atoms. The van der Waals surface area contributed by atoms with Gasteiger partial charge in [-0.15, -0.1) is 0 Å². The standard InChI is InChI=1S/C19H21N5O2.C12H25NO2.C2H6.CH4/c1-23(21)19-15-8-4-5-9-16(15)24(17(26)10-22-12-25)11-13-6-2-3-7-14(13)18(19)20;1-11(2,3)7-8-15-12(4,5)9-10(14)13-6;1-2;/h2-9,12H,10-11,20-21H2,1H3,(H,22,25);7-9H2,1-6H3,(H,13,14);1-2H3;1H4/b19-18-;;;. The highest BCUT2D eigenvalue weighted by atomic mass is 16.5. The van der Waals surface area contributed by atoms with Gasteiger partial charge in [0.15, 0.2) is 0 Å². The van der Waals surface area contributed by atoms with Crippen molar-refractivity contribution in [2.75, 3.05) is 32.1 Å². The van der Waals surface area contributed by atoms with Crippen molar-refractivity contribution in [3.63, 3.8) is 0 Å². The molecule has 0 unspecified atom stereocenters. The topological polar surface area (TPSA) is 143 Å². The van der Waals surface area contributed by atoms with E-state index in [-0.39, 0.29) is 36.8 Å². The number of nitrogens with two attached hydrogens (primary N) is 2. The average molecular weight is 613 g/mol. The first-order valence-electron chi connectivity index (χ1n) is 14.7. The van der Waals surface area contributed by atoms with Gasteiger partial charge in [-0.1, -0.05) is 84.5 Å². The van der Waals surface area contributed by atoms with Crippen molar-refractivity contribution < 1.29 is 19.1 Å². The van der Waals surface area contributed by atoms with Crippen molar-refractivity contribution in [2.24, 2.45) is 17.0 Å². The molecule has 2 aromatic rings. The van der Waals surface area contributed by atoms with Gasteiger partial charge in [0.1, 0.15) is 0 Å². The van der Waals surface area contributed by atoms with Gasteiger partial charge in [-0.3, -0.25) is 14.4 Å². The van der Waals surface area contributed by atoms with Crippen LogP contribution in [0.4, 0.5) is 5.69 Å². The highest BCUT2D eigenvalue weighted by Gasteiger charge is 2.27. The number of rotatable bonds is 9. The zero-order valence-electron chi connectivity index (χ0n) is 27.4. The van der Waals surface area contributed by atoms with Crippen molar-refractivity contribution in [3.8, 4) is 0 Å². The number of anilines is 1. The number of hydrogen-bond acceptors (Lipinski definition) is 7. The van der Waals surface area contributed by atoms with Gasteiger partial charge in [0.2, 0.25) is 18.2 Å². The predicted molar refractivity (Wildman–Crippen MR) is 182 cm³/mol. The Balaban J connectivity index is 0.000000887. The van der Waals surface area contributed by atoms with E-state index < -0.39 is 0 Å². The van der Waals surface area contributed by atoms with E-state index in [1.165, 1.54) is 5.01 Å². The number of ether oxygens (including phenoxy) is 1. The van der Waals surface area contributed by atoms with Gasteiger partial charge in [0, 0.05) is 31.8 Å². The first kappa shape index (κ1) is 40.1. The van der Waals surface area contributed by atoms with E-state index >= 15 is 0 Å². The van der Waals surface area contributed by atoms with Crippen LogP contribution in [0.3, 0.4) is 0 Å². The zero-order chi connectivity index (χ0) is 32.8. The van der Waals surface area contributed by atoms with Gasteiger partial charge in [-0.05, 0) is 37.3 Å². The molecule has 44 heavy (non-hydrogen) atoms. The Kier molecular flexibility index (Phi) is 17.0. The normalized spacial score (nSPS) is 13.9. The van der Waals surface area contributed by atoms with Crippen LogP contribution < -0.4 is 27.1 Å². The number of carbonyl (C=O) groups excluding carboxylic acids is 3. The summed E-state index contributed by atoms with van der Waals surface area (Å²) < 4.78 is 5.72. The lowest BCUT2D eigenvalue weighted by atomic mass is 9.93. The third kappa shape index (κ3) is 12.4. The molecule has 3 rings (SSSR count). The van der Waals surface area contributed by atoms with E-state index in [0.717, 1.165) is 23.1 Å². The molecule has 1 heterocycles. The fraction of sp³-hybridized carbons (Fsp3) is 0.500. The molecule has 3 amide bonds. The molecule has 0 fully saturated rings. The third-order valence-electron chi connectivity index (χ3n) is 6.54. The second-order valence-electron chi connectivity index (χ2n) is 11.8. The molecule has 0 radical (unpaired) electrons. The molecule has 1 aliphatic rings. The molecule has 246 valence electrons. The lowest BCUT2D eigenvalue weighted by Gasteiger charge is -2.32. The van der Waals surface area contributed by atoms with Crippen LogP contribution in [0, 0.1) is 5.41 Å². The SMILES string of the molecule is C.CC.CN(N)/C1=C(\N)c2ccccc2CN(C(=O)CNC=O)c2ccccc21.CNC(=O)CC(C)(C)OCCC(C)(C)C. The first-order valence-corrected chi connectivity index (χ1v) is 14.7. The van der Waals surface area contributed by atoms with Gasteiger partial charge in [-0.2, -0.15) is 0 Å². The Morgan fingerprint density at radius 2 is 1.59 bits per heavy atom. The fourth-order valence-electron chi connectivity index (χ4n) is 4.34. The van der Waals surface area contributed by atoms with Gasteiger partial charge < -0.3 is 31.0 Å². The summed E-state index contributed by atoms with van der Waals surface area (Å²) in [7, 11) is 3.36. The number of fused-ring (bicyclic) bond motifs is 2. The maximum atomic E-state index is 12.8. The summed E-state index contributed by atoms with van der Waals surface area (Å²) in [5, 5.41) is 6.51. The summed E-state index contributed by atoms with van der Waals surface area (Å²) in [5.74, 6) is 5.89. The minimum absolute atomic E-state index is 0. The molecular weight excluding hydrogens is 556 g/mol. The van der Waals surface area contributed by atoms with Crippen LogP contribution in [-0.2, 0) is 25.7 Å². The molecule has 0 aliphatic carbocycles. The molecule has 0 aromatic heterocycles. The second-order valence-corrected chi connectivity index (χ2v) is 11.8. The van der Waals surface area contributed by atoms with E-state index in [1.807, 2.05) is 76.2 Å². The minimum Gasteiger partial charge on any atom is -0.396 e. The maximum Gasteiger partial charge on any atom is 0.246 e. The monoisotopic (exact) mass is 612 g/mol. The van der Waals surface area contributed by atoms with Crippen LogP contribution in [0.25, 0.3) is 11.4 Å². The zero-order valence-corrected chi connectivity index (χ0v) is 27.4. The summed E-state index contributed by atoms with van der Waals surface area (Å²) in [6.45, 7) is 15.4. The Labute approximate surface area is 265 Å². The predicted octanol–water partition coefficient (Wildman–Crippen LogP) is 4.89. The number of hydrazine groups is 1. The van der Waals surface area contributed by atoms with E-state index in [0.29, 0.717) is 43.1 Å². The van der Waals surface area contributed by atoms with Crippen molar-refractivity contribution in [3.05, 3.63) is 65.2 Å². The lowest BCUT2D eigenvalue weighted by Crippen LogP contribution is -2.39. The minimum atomic E-state index is -0.370. The van der Waals surface area contributed by atoms with Crippen molar-refractivity contribution in [2.45, 2.75) is 80.9 Å². The molecule has 0 saturated heterocycles. The van der Waals surface area contributed by atoms with Crippen LogP contribution >= 0.6 is 0 Å². The van der Waals surface area contributed by atoms with E-state index in [9.17, 15) is 14.4 Å². The molecule has 0 atom stereocenters. The van der Waals surface area contributed by atoms with Gasteiger partial charge in [-0.25, -0.2) is 5.84 Å². The van der Waals surface area contributed by atoms with Crippen molar-refractivity contribution >= 4 is 35.3 Å². The average Bonchev–Trinajstić information content (AvgIpc) is 2.94. The van der Waals surface area contributed by atoms with Crippen LogP contribution in [0.1, 0.15) is 85.4 Å². The Hall–Kier alpha value is -3.89. The second kappa shape index (κ2) is 18.7. The number of para-hydroxylation sites is 1. The number of amides is 3. The molecule has 0 spiro atoms. The summed E-state index contributed by atoms with van der Waals surface area (Å²) in [6.07, 6.45) is 1.93. The quantitative estimate of drug-likeness (QED) is 0.179. The van der Waals surface area contributed by atoms with Crippen LogP contribution in [0.2, 0.25) is 0 Å². The van der Waals surface area contributed by atoms with E-state index in [4.69, 9.17) is 16.3 Å². The lowest BCUT2D eigenvalue weighted by molar-refractivity contribution is -0.127. The first-order chi connectivity index (χ1) is 20.2. The summed E-state index contributed by atoms with van der Waals surface area (Å²) in [6, 6.07) is 15.1. The Bertz CT molecular complexity index is 1230. The molecule has 0 saturated carbocycles. The Morgan fingerprint density at radius 3 is 2.14 bits per heavy atom.